The van der Waals surface area contributed by atoms with Gasteiger partial charge < -0.3 is 30.0 Å². The minimum Gasteiger partial charge on any atom is -0.492 e. The number of hydrogen-bond acceptors (Lipinski definition) is 9. The Morgan fingerprint density at radius 2 is 1.50 bits per heavy atom. The molecule has 0 saturated heterocycles. The second-order valence-corrected chi connectivity index (χ2v) is 7.15. The number of allylic oxidation sites excluding steroid dienone is 1. The van der Waals surface area contributed by atoms with Gasteiger partial charge in [-0.2, -0.15) is 0 Å². The molecule has 0 saturated carbocycles. The molecular weight excluding hydrogens is 400 g/mol. The summed E-state index contributed by atoms with van der Waals surface area (Å²) >= 11 is 0. The quantitative estimate of drug-likeness (QED) is 0.427. The molecule has 1 aliphatic carbocycles. The zero-order chi connectivity index (χ0) is 21.9. The van der Waals surface area contributed by atoms with Crippen molar-refractivity contribution in [3.63, 3.8) is 0 Å². The molecule has 2 aromatic heterocycles. The highest BCUT2D eigenvalue weighted by Crippen LogP contribution is 2.33. The molecule has 4 N–H and O–H groups in total. The summed E-state index contributed by atoms with van der Waals surface area (Å²) in [4.78, 5) is 34.4. The molecule has 2 atom stereocenters. The Morgan fingerprint density at radius 3 is 2.07 bits per heavy atom. The van der Waals surface area contributed by atoms with Crippen molar-refractivity contribution < 1.29 is 44.4 Å². The van der Waals surface area contributed by atoms with E-state index in [-0.39, 0.29) is 6.42 Å². The van der Waals surface area contributed by atoms with Crippen molar-refractivity contribution in [3.8, 4) is 23.5 Å². The smallest absolute Gasteiger partial charge is 0.492 e. The van der Waals surface area contributed by atoms with Gasteiger partial charge in [0.05, 0.1) is 5.41 Å². The lowest BCUT2D eigenvalue weighted by Gasteiger charge is -2.28. The number of aromatic hydroxyl groups is 4. The molecule has 30 heavy (non-hydrogen) atoms. The molecule has 2 unspecified atom stereocenters. The summed E-state index contributed by atoms with van der Waals surface area (Å²) in [6.07, 6.45) is 3.07. The van der Waals surface area contributed by atoms with Crippen molar-refractivity contribution >= 4 is 12.1 Å². The van der Waals surface area contributed by atoms with Crippen molar-refractivity contribution in [2.75, 3.05) is 0 Å². The van der Waals surface area contributed by atoms with Gasteiger partial charge >= 0.3 is 12.1 Å². The molecular formula is C19H22N2O9. The lowest BCUT2D eigenvalue weighted by Crippen LogP contribution is -2.36. The predicted octanol–water partition coefficient (Wildman–Crippen LogP) is 1.84. The van der Waals surface area contributed by atoms with Gasteiger partial charge in [-0.05, 0) is 38.7 Å². The van der Waals surface area contributed by atoms with Gasteiger partial charge in [0.15, 0.2) is 0 Å². The van der Waals surface area contributed by atoms with Gasteiger partial charge in [-0.1, -0.05) is 6.08 Å². The van der Waals surface area contributed by atoms with E-state index >= 15 is 0 Å². The van der Waals surface area contributed by atoms with Crippen molar-refractivity contribution in [2.45, 2.75) is 38.7 Å². The van der Waals surface area contributed by atoms with Gasteiger partial charge in [0.1, 0.15) is 6.10 Å². The SMILES string of the molecule is CC1(C(=O)On2c(O)ccc2O)CC=CC(OC(=O)On2c(O)ccc2O)CCC1. The van der Waals surface area contributed by atoms with Crippen LogP contribution in [0.25, 0.3) is 0 Å². The first kappa shape index (κ1) is 21.0. The molecule has 11 nitrogen and oxygen atoms in total. The van der Waals surface area contributed by atoms with Crippen LogP contribution in [0.15, 0.2) is 36.4 Å². The molecule has 3 rings (SSSR count). The van der Waals surface area contributed by atoms with Crippen LogP contribution in [0.3, 0.4) is 0 Å². The monoisotopic (exact) mass is 422 g/mol. The highest BCUT2D eigenvalue weighted by molar-refractivity contribution is 5.77. The van der Waals surface area contributed by atoms with Gasteiger partial charge in [0.25, 0.3) is 0 Å². The largest absolute Gasteiger partial charge is 0.534 e. The maximum atomic E-state index is 12.6. The number of carbonyl (C=O) groups is 2. The van der Waals surface area contributed by atoms with Crippen molar-refractivity contribution in [3.05, 3.63) is 36.4 Å². The molecule has 0 spiro atoms. The third-order valence-corrected chi connectivity index (χ3v) is 4.81. The fourth-order valence-electron chi connectivity index (χ4n) is 3.06. The minimum atomic E-state index is -1.12. The van der Waals surface area contributed by atoms with E-state index in [1.807, 2.05) is 0 Å². The van der Waals surface area contributed by atoms with E-state index in [4.69, 9.17) is 14.4 Å². The van der Waals surface area contributed by atoms with E-state index in [2.05, 4.69) is 0 Å². The topological polar surface area (TPSA) is 153 Å². The maximum Gasteiger partial charge on any atom is 0.534 e. The van der Waals surface area contributed by atoms with Crippen LogP contribution >= 0.6 is 0 Å². The highest BCUT2D eigenvalue weighted by atomic mass is 16.8. The van der Waals surface area contributed by atoms with E-state index in [1.54, 1.807) is 19.1 Å². The van der Waals surface area contributed by atoms with Gasteiger partial charge in [-0.3, -0.25) is 4.84 Å². The summed E-state index contributed by atoms with van der Waals surface area (Å²) in [6, 6.07) is 4.67. The average Bonchev–Trinajstić information content (AvgIpc) is 3.16. The highest BCUT2D eigenvalue weighted by Gasteiger charge is 2.36. The first-order chi connectivity index (χ1) is 14.2. The first-order valence-electron chi connectivity index (χ1n) is 9.17. The third-order valence-electron chi connectivity index (χ3n) is 4.81. The van der Waals surface area contributed by atoms with E-state index < -0.39 is 47.2 Å². The van der Waals surface area contributed by atoms with Crippen LogP contribution in [0, 0.1) is 5.41 Å². The Labute approximate surface area is 170 Å². The minimum absolute atomic E-state index is 0.267. The molecule has 0 fully saturated rings. The van der Waals surface area contributed by atoms with Gasteiger partial charge in [0.2, 0.25) is 23.5 Å². The fraction of sp³-hybridized carbons (Fsp3) is 0.368. The predicted molar refractivity (Wildman–Crippen MR) is 99.7 cm³/mol. The Bertz CT molecular complexity index is 922. The molecule has 0 radical (unpaired) electrons. The van der Waals surface area contributed by atoms with E-state index in [0.29, 0.717) is 28.7 Å². The van der Waals surface area contributed by atoms with Crippen LogP contribution in [-0.2, 0) is 9.53 Å². The molecule has 0 bridgehead atoms. The number of carbonyl (C=O) groups excluding carboxylic acids is 2. The summed E-state index contributed by atoms with van der Waals surface area (Å²) in [5.74, 6) is -2.38. The molecule has 2 aromatic rings. The normalized spacial score (nSPS) is 21.4. The van der Waals surface area contributed by atoms with Gasteiger partial charge in [0, 0.05) is 24.3 Å². The Morgan fingerprint density at radius 1 is 0.967 bits per heavy atom. The summed E-state index contributed by atoms with van der Waals surface area (Å²) < 4.78 is 6.34. The molecule has 162 valence electrons. The first-order valence-corrected chi connectivity index (χ1v) is 9.17. The summed E-state index contributed by atoms with van der Waals surface area (Å²) in [5, 5.41) is 38.2. The third kappa shape index (κ3) is 4.45. The zero-order valence-electron chi connectivity index (χ0n) is 16.1. The van der Waals surface area contributed by atoms with E-state index in [9.17, 15) is 30.0 Å². The molecule has 1 aliphatic rings. The van der Waals surface area contributed by atoms with E-state index in [0.717, 1.165) is 12.1 Å². The molecule has 2 heterocycles. The second kappa shape index (κ2) is 8.31. The standard InChI is InChI=1S/C19H22N2O9/c1-19(17(26)29-20-13(22)6-7-14(20)23)10-2-4-12(5-3-11-19)28-18(27)30-21-15(24)8-9-16(21)25/h2,4,6-9,12,22-25H,3,5,10-11H2,1H3. The second-order valence-electron chi connectivity index (χ2n) is 7.15. The Balaban J connectivity index is 1.59. The summed E-state index contributed by atoms with van der Waals surface area (Å²) in [7, 11) is 0. The number of hydrogen-bond donors (Lipinski definition) is 4. The van der Waals surface area contributed by atoms with Gasteiger partial charge in [-0.15, -0.1) is 9.46 Å². The lowest BCUT2D eigenvalue weighted by molar-refractivity contribution is -0.157. The van der Waals surface area contributed by atoms with Crippen LogP contribution in [0.5, 0.6) is 23.5 Å². The molecule has 11 heteroatoms. The Hall–Kier alpha value is -3.76. The zero-order valence-corrected chi connectivity index (χ0v) is 16.1. The van der Waals surface area contributed by atoms with Crippen LogP contribution in [0.1, 0.15) is 32.6 Å². The van der Waals surface area contributed by atoms with Crippen LogP contribution in [0.4, 0.5) is 4.79 Å². The van der Waals surface area contributed by atoms with Crippen molar-refractivity contribution in [2.24, 2.45) is 5.41 Å². The molecule has 0 amide bonds. The summed E-state index contributed by atoms with van der Waals surface area (Å²) in [6.45, 7) is 1.70. The number of nitrogens with zero attached hydrogens (tertiary/aromatic N) is 2. The van der Waals surface area contributed by atoms with Crippen LogP contribution in [0.2, 0.25) is 0 Å². The number of aromatic nitrogens is 2. The fourth-order valence-corrected chi connectivity index (χ4v) is 3.06. The van der Waals surface area contributed by atoms with E-state index in [1.165, 1.54) is 12.1 Å². The van der Waals surface area contributed by atoms with Crippen LogP contribution < -0.4 is 9.68 Å². The lowest BCUT2D eigenvalue weighted by atomic mass is 9.80. The maximum absolute atomic E-state index is 12.6. The number of rotatable bonds is 4. The van der Waals surface area contributed by atoms with Crippen LogP contribution in [-0.4, -0.2) is 48.1 Å². The molecule has 0 aromatic carbocycles. The average molecular weight is 422 g/mol. The van der Waals surface area contributed by atoms with Gasteiger partial charge in [-0.25, -0.2) is 9.59 Å². The molecule has 0 aliphatic heterocycles. The number of ether oxygens (including phenoxy) is 1. The van der Waals surface area contributed by atoms with Crippen molar-refractivity contribution in [1.29, 1.82) is 0 Å². The summed E-state index contributed by atoms with van der Waals surface area (Å²) in [5.41, 5.74) is -0.923. The Kier molecular flexibility index (Phi) is 5.81. The van der Waals surface area contributed by atoms with Crippen molar-refractivity contribution in [1.82, 2.24) is 9.46 Å².